The first-order valence-electron chi connectivity index (χ1n) is 3.40. The Morgan fingerprint density at radius 1 is 1.17 bits per heavy atom. The van der Waals surface area contributed by atoms with Gasteiger partial charge in [-0.1, -0.05) is 18.2 Å². The minimum absolute atomic E-state index is 0.249. The van der Waals surface area contributed by atoms with Crippen LogP contribution in [-0.4, -0.2) is 15.5 Å². The van der Waals surface area contributed by atoms with Gasteiger partial charge in [0.1, 0.15) is 0 Å². The summed E-state index contributed by atoms with van der Waals surface area (Å²) in [5.74, 6) is 0. The molecule has 0 aliphatic carbocycles. The standard InChI is InChI=1S/C7H10N2O2S/c1-8-9-12(10,11)7-5-3-2-4-6-7/h2-6,8-9H,1H3. The minimum atomic E-state index is -3.37. The lowest BCUT2D eigenvalue weighted by molar-refractivity contribution is 0.570. The molecule has 0 heterocycles. The highest BCUT2D eigenvalue weighted by molar-refractivity contribution is 7.89. The van der Waals surface area contributed by atoms with Crippen molar-refractivity contribution >= 4 is 10.0 Å². The van der Waals surface area contributed by atoms with Crippen molar-refractivity contribution in [3.8, 4) is 0 Å². The number of hydrogen-bond donors (Lipinski definition) is 2. The predicted molar refractivity (Wildman–Crippen MR) is 45.8 cm³/mol. The fourth-order valence-electron chi connectivity index (χ4n) is 0.793. The Hall–Kier alpha value is -0.910. The third-order valence-corrected chi connectivity index (χ3v) is 2.66. The van der Waals surface area contributed by atoms with Gasteiger partial charge in [0.05, 0.1) is 4.90 Å². The van der Waals surface area contributed by atoms with Crippen molar-refractivity contribution in [1.29, 1.82) is 0 Å². The molecule has 0 amide bonds. The van der Waals surface area contributed by atoms with Crippen molar-refractivity contribution in [3.63, 3.8) is 0 Å². The van der Waals surface area contributed by atoms with Crippen LogP contribution in [0, 0.1) is 0 Å². The highest BCUT2D eigenvalue weighted by Crippen LogP contribution is 2.05. The van der Waals surface area contributed by atoms with Gasteiger partial charge in [0.2, 0.25) is 0 Å². The smallest absolute Gasteiger partial charge is 0.247 e. The van der Waals surface area contributed by atoms with E-state index in [0.717, 1.165) is 0 Å². The number of rotatable bonds is 3. The van der Waals surface area contributed by atoms with Crippen LogP contribution in [-0.2, 0) is 10.0 Å². The Morgan fingerprint density at radius 3 is 2.25 bits per heavy atom. The zero-order valence-corrected chi connectivity index (χ0v) is 7.43. The number of hydrazine groups is 1. The van der Waals surface area contributed by atoms with Crippen LogP contribution in [0.5, 0.6) is 0 Å². The van der Waals surface area contributed by atoms with E-state index < -0.39 is 10.0 Å². The quantitative estimate of drug-likeness (QED) is 0.658. The molecule has 1 aromatic rings. The molecule has 5 heteroatoms. The normalized spacial score (nSPS) is 11.4. The molecule has 0 fully saturated rings. The molecule has 0 atom stereocenters. The van der Waals surface area contributed by atoms with Gasteiger partial charge in [-0.05, 0) is 19.2 Å². The first-order valence-corrected chi connectivity index (χ1v) is 4.89. The maximum Gasteiger partial charge on any atom is 0.253 e. The van der Waals surface area contributed by atoms with E-state index in [1.54, 1.807) is 18.2 Å². The molecule has 1 aromatic carbocycles. The van der Waals surface area contributed by atoms with Crippen molar-refractivity contribution in [2.24, 2.45) is 0 Å². The Morgan fingerprint density at radius 2 is 1.75 bits per heavy atom. The highest BCUT2D eigenvalue weighted by atomic mass is 32.2. The lowest BCUT2D eigenvalue weighted by atomic mass is 10.4. The maximum absolute atomic E-state index is 11.3. The van der Waals surface area contributed by atoms with E-state index in [1.807, 2.05) is 0 Å². The van der Waals surface area contributed by atoms with Crippen LogP contribution >= 0.6 is 0 Å². The largest absolute Gasteiger partial charge is 0.253 e. The lowest BCUT2D eigenvalue weighted by Gasteiger charge is -2.03. The van der Waals surface area contributed by atoms with Crippen LogP contribution in [0.3, 0.4) is 0 Å². The molecule has 0 aliphatic heterocycles. The summed E-state index contributed by atoms with van der Waals surface area (Å²) in [6.45, 7) is 0. The van der Waals surface area contributed by atoms with Gasteiger partial charge in [0, 0.05) is 0 Å². The van der Waals surface area contributed by atoms with E-state index in [9.17, 15) is 8.42 Å². The molecule has 0 radical (unpaired) electrons. The molecule has 4 nitrogen and oxygen atoms in total. The van der Waals surface area contributed by atoms with E-state index in [1.165, 1.54) is 19.2 Å². The minimum Gasteiger partial charge on any atom is -0.247 e. The molecule has 0 bridgehead atoms. The molecule has 12 heavy (non-hydrogen) atoms. The predicted octanol–water partition coefficient (Wildman–Crippen LogP) is 0.0993. The van der Waals surface area contributed by atoms with Gasteiger partial charge in [0.15, 0.2) is 0 Å². The summed E-state index contributed by atoms with van der Waals surface area (Å²) in [5.41, 5.74) is 2.37. The Bertz CT molecular complexity index is 334. The van der Waals surface area contributed by atoms with Crippen molar-refractivity contribution in [3.05, 3.63) is 30.3 Å². The summed E-state index contributed by atoms with van der Waals surface area (Å²) in [4.78, 5) is 2.41. The number of hydrogen-bond acceptors (Lipinski definition) is 3. The van der Waals surface area contributed by atoms with Gasteiger partial charge in [-0.15, -0.1) is 4.83 Å². The van der Waals surface area contributed by atoms with Crippen LogP contribution in [0.25, 0.3) is 0 Å². The zero-order chi connectivity index (χ0) is 9.03. The van der Waals surface area contributed by atoms with Crippen LogP contribution in [0.15, 0.2) is 35.2 Å². The first kappa shape index (κ1) is 9.18. The topological polar surface area (TPSA) is 58.2 Å². The third kappa shape index (κ3) is 2.04. The molecule has 0 unspecified atom stereocenters. The summed E-state index contributed by atoms with van der Waals surface area (Å²) >= 11 is 0. The second-order valence-electron chi connectivity index (χ2n) is 2.17. The SMILES string of the molecule is CNNS(=O)(=O)c1ccccc1. The Kier molecular flexibility index (Phi) is 2.80. The lowest BCUT2D eigenvalue weighted by Crippen LogP contribution is -2.34. The summed E-state index contributed by atoms with van der Waals surface area (Å²) in [6.07, 6.45) is 0. The van der Waals surface area contributed by atoms with Crippen LogP contribution in [0.1, 0.15) is 0 Å². The molecule has 0 saturated heterocycles. The number of benzene rings is 1. The fraction of sp³-hybridized carbons (Fsp3) is 0.143. The van der Waals surface area contributed by atoms with Crippen LogP contribution in [0.4, 0.5) is 0 Å². The van der Waals surface area contributed by atoms with E-state index in [-0.39, 0.29) is 4.90 Å². The van der Waals surface area contributed by atoms with Gasteiger partial charge in [-0.25, -0.2) is 13.8 Å². The molecular formula is C7H10N2O2S. The monoisotopic (exact) mass is 186 g/mol. The van der Waals surface area contributed by atoms with Crippen molar-refractivity contribution in [1.82, 2.24) is 10.3 Å². The van der Waals surface area contributed by atoms with Gasteiger partial charge in [-0.3, -0.25) is 0 Å². The second-order valence-corrected chi connectivity index (χ2v) is 3.85. The van der Waals surface area contributed by atoms with Gasteiger partial charge in [0.25, 0.3) is 10.0 Å². The second kappa shape index (κ2) is 3.66. The summed E-state index contributed by atoms with van der Waals surface area (Å²) in [6, 6.07) is 8.16. The average Bonchev–Trinajstić information content (AvgIpc) is 2.06. The molecule has 1 rings (SSSR count). The fourth-order valence-corrected chi connectivity index (χ4v) is 1.69. The summed E-state index contributed by atoms with van der Waals surface area (Å²) in [7, 11) is -1.87. The van der Waals surface area contributed by atoms with Gasteiger partial charge >= 0.3 is 0 Å². The van der Waals surface area contributed by atoms with E-state index >= 15 is 0 Å². The van der Waals surface area contributed by atoms with Crippen molar-refractivity contribution in [2.45, 2.75) is 4.90 Å². The number of sulfonamides is 1. The van der Waals surface area contributed by atoms with Crippen molar-refractivity contribution in [2.75, 3.05) is 7.05 Å². The van der Waals surface area contributed by atoms with Crippen LogP contribution < -0.4 is 10.3 Å². The summed E-state index contributed by atoms with van der Waals surface area (Å²) < 4.78 is 22.5. The van der Waals surface area contributed by atoms with Crippen LogP contribution in [0.2, 0.25) is 0 Å². The highest BCUT2D eigenvalue weighted by Gasteiger charge is 2.10. The molecule has 0 aromatic heterocycles. The van der Waals surface area contributed by atoms with Crippen molar-refractivity contribution < 1.29 is 8.42 Å². The third-order valence-electron chi connectivity index (χ3n) is 1.29. The zero-order valence-electron chi connectivity index (χ0n) is 6.61. The molecular weight excluding hydrogens is 176 g/mol. The molecule has 66 valence electrons. The molecule has 0 aliphatic rings. The first-order chi connectivity index (χ1) is 5.67. The van der Waals surface area contributed by atoms with E-state index in [4.69, 9.17) is 0 Å². The summed E-state index contributed by atoms with van der Waals surface area (Å²) in [5, 5.41) is 0. The maximum atomic E-state index is 11.3. The van der Waals surface area contributed by atoms with E-state index in [2.05, 4.69) is 10.3 Å². The molecule has 0 spiro atoms. The van der Waals surface area contributed by atoms with Gasteiger partial charge in [-0.2, -0.15) is 0 Å². The number of nitrogens with one attached hydrogen (secondary N) is 2. The average molecular weight is 186 g/mol. The molecule has 0 saturated carbocycles. The van der Waals surface area contributed by atoms with Gasteiger partial charge < -0.3 is 0 Å². The van der Waals surface area contributed by atoms with E-state index in [0.29, 0.717) is 0 Å². The Labute approximate surface area is 71.6 Å². The Balaban J connectivity index is 2.99. The molecule has 2 N–H and O–H groups in total.